The lowest BCUT2D eigenvalue weighted by Crippen LogP contribution is -2.42. The third-order valence-corrected chi connectivity index (χ3v) is 3.52. The third kappa shape index (κ3) is 3.27. The fraction of sp³-hybridized carbons (Fsp3) is 0.438. The van der Waals surface area contributed by atoms with Crippen LogP contribution >= 0.6 is 0 Å². The smallest absolute Gasteiger partial charge is 0.317 e. The monoisotopic (exact) mass is 303 g/mol. The Bertz CT molecular complexity index is 770. The number of aromatic amines is 1. The predicted molar refractivity (Wildman–Crippen MR) is 86.0 cm³/mol. The van der Waals surface area contributed by atoms with Gasteiger partial charge in [0.15, 0.2) is 0 Å². The molecule has 2 aromatic rings. The van der Waals surface area contributed by atoms with E-state index in [1.54, 1.807) is 29.2 Å². The molecule has 1 amide bonds. The van der Waals surface area contributed by atoms with Gasteiger partial charge < -0.3 is 9.88 Å². The predicted octanol–water partition coefficient (Wildman–Crippen LogP) is 1.34. The zero-order valence-electron chi connectivity index (χ0n) is 13.0. The maximum absolute atomic E-state index is 12.5. The Morgan fingerprint density at radius 2 is 1.77 bits per heavy atom. The largest absolute Gasteiger partial charge is 0.341 e. The zero-order chi connectivity index (χ0) is 16.1. The Morgan fingerprint density at radius 3 is 2.41 bits per heavy atom. The van der Waals surface area contributed by atoms with E-state index in [0.717, 1.165) is 12.8 Å². The van der Waals surface area contributed by atoms with Crippen molar-refractivity contribution in [2.45, 2.75) is 33.2 Å². The summed E-state index contributed by atoms with van der Waals surface area (Å²) < 4.78 is 1.26. The number of hydrogen-bond donors (Lipinski definition) is 1. The number of amides is 1. The first-order valence-corrected chi connectivity index (χ1v) is 7.58. The lowest BCUT2D eigenvalue weighted by Gasteiger charge is -2.22. The van der Waals surface area contributed by atoms with E-state index in [0.29, 0.717) is 24.1 Å². The SMILES string of the molecule is CCCN(CCC)C(=O)Cn1c(=O)c(=O)[nH]c2ccccc21. The summed E-state index contributed by atoms with van der Waals surface area (Å²) in [6, 6.07) is 6.99. The van der Waals surface area contributed by atoms with Crippen LogP contribution in [0.1, 0.15) is 26.7 Å². The Balaban J connectivity index is 2.42. The molecule has 0 radical (unpaired) electrons. The summed E-state index contributed by atoms with van der Waals surface area (Å²) >= 11 is 0. The van der Waals surface area contributed by atoms with Crippen LogP contribution < -0.4 is 11.1 Å². The molecular weight excluding hydrogens is 282 g/mol. The molecular formula is C16H21N3O3. The molecule has 1 aromatic heterocycles. The highest BCUT2D eigenvalue weighted by Crippen LogP contribution is 2.08. The first-order chi connectivity index (χ1) is 10.6. The van der Waals surface area contributed by atoms with E-state index in [1.165, 1.54) is 4.57 Å². The molecule has 0 saturated carbocycles. The number of fused-ring (bicyclic) bond motifs is 1. The highest BCUT2D eigenvalue weighted by Gasteiger charge is 2.15. The van der Waals surface area contributed by atoms with Gasteiger partial charge in [0.2, 0.25) is 5.91 Å². The van der Waals surface area contributed by atoms with Gasteiger partial charge in [-0.2, -0.15) is 0 Å². The lowest BCUT2D eigenvalue weighted by molar-refractivity contribution is -0.131. The molecule has 0 saturated heterocycles. The fourth-order valence-corrected chi connectivity index (χ4v) is 2.52. The van der Waals surface area contributed by atoms with Gasteiger partial charge in [0, 0.05) is 13.1 Å². The normalized spacial score (nSPS) is 10.8. The summed E-state index contributed by atoms with van der Waals surface area (Å²) in [5.74, 6) is -0.137. The van der Waals surface area contributed by atoms with Crippen molar-refractivity contribution in [1.29, 1.82) is 0 Å². The van der Waals surface area contributed by atoms with E-state index >= 15 is 0 Å². The first-order valence-electron chi connectivity index (χ1n) is 7.58. The van der Waals surface area contributed by atoms with Crippen LogP contribution in [0.2, 0.25) is 0 Å². The molecule has 1 N–H and O–H groups in total. The Kier molecular flexibility index (Phi) is 5.14. The van der Waals surface area contributed by atoms with Crippen molar-refractivity contribution in [3.63, 3.8) is 0 Å². The number of hydrogen-bond acceptors (Lipinski definition) is 3. The number of para-hydroxylation sites is 2. The topological polar surface area (TPSA) is 75.2 Å². The number of carbonyl (C=O) groups is 1. The van der Waals surface area contributed by atoms with Crippen molar-refractivity contribution in [1.82, 2.24) is 14.5 Å². The molecule has 22 heavy (non-hydrogen) atoms. The lowest BCUT2D eigenvalue weighted by atomic mass is 10.3. The van der Waals surface area contributed by atoms with Gasteiger partial charge in [0.05, 0.1) is 11.0 Å². The first kappa shape index (κ1) is 16.0. The van der Waals surface area contributed by atoms with E-state index in [9.17, 15) is 14.4 Å². The number of H-pyrrole nitrogens is 1. The molecule has 2 rings (SSSR count). The van der Waals surface area contributed by atoms with Crippen molar-refractivity contribution < 1.29 is 4.79 Å². The molecule has 1 heterocycles. The van der Waals surface area contributed by atoms with Crippen molar-refractivity contribution in [2.75, 3.05) is 13.1 Å². The van der Waals surface area contributed by atoms with Gasteiger partial charge >= 0.3 is 11.1 Å². The standard InChI is InChI=1S/C16H21N3O3/c1-3-9-18(10-4-2)14(20)11-19-13-8-6-5-7-12(13)17-15(21)16(19)22/h5-8H,3-4,9-11H2,1-2H3,(H,17,21). The number of carbonyl (C=O) groups excluding carboxylic acids is 1. The zero-order valence-corrected chi connectivity index (χ0v) is 13.0. The average molecular weight is 303 g/mol. The molecule has 118 valence electrons. The van der Waals surface area contributed by atoms with Gasteiger partial charge in [-0.3, -0.25) is 19.0 Å². The third-order valence-electron chi connectivity index (χ3n) is 3.52. The second kappa shape index (κ2) is 7.06. The number of benzene rings is 1. The summed E-state index contributed by atoms with van der Waals surface area (Å²) in [6.45, 7) is 5.21. The minimum absolute atomic E-state index is 0.108. The molecule has 0 aliphatic carbocycles. The van der Waals surface area contributed by atoms with Crippen LogP contribution in [0.25, 0.3) is 11.0 Å². The van der Waals surface area contributed by atoms with E-state index < -0.39 is 11.1 Å². The van der Waals surface area contributed by atoms with Crippen molar-refractivity contribution >= 4 is 16.9 Å². The van der Waals surface area contributed by atoms with E-state index in [4.69, 9.17) is 0 Å². The molecule has 0 fully saturated rings. The number of rotatable bonds is 6. The number of nitrogens with one attached hydrogen (secondary N) is 1. The average Bonchev–Trinajstić information content (AvgIpc) is 2.51. The van der Waals surface area contributed by atoms with Crippen LogP contribution in [0, 0.1) is 0 Å². The second-order valence-corrected chi connectivity index (χ2v) is 5.24. The Hall–Kier alpha value is -2.37. The van der Waals surface area contributed by atoms with Crippen LogP contribution in [-0.4, -0.2) is 33.4 Å². The minimum Gasteiger partial charge on any atom is -0.341 e. The van der Waals surface area contributed by atoms with Crippen molar-refractivity contribution in [3.8, 4) is 0 Å². The fourth-order valence-electron chi connectivity index (χ4n) is 2.52. The van der Waals surface area contributed by atoms with E-state index in [2.05, 4.69) is 4.98 Å². The molecule has 0 aliphatic heterocycles. The second-order valence-electron chi connectivity index (χ2n) is 5.24. The molecule has 0 unspecified atom stereocenters. The summed E-state index contributed by atoms with van der Waals surface area (Å²) in [5, 5.41) is 0. The molecule has 0 atom stereocenters. The summed E-state index contributed by atoms with van der Waals surface area (Å²) in [6.07, 6.45) is 1.72. The Morgan fingerprint density at radius 1 is 1.14 bits per heavy atom. The molecule has 6 nitrogen and oxygen atoms in total. The summed E-state index contributed by atoms with van der Waals surface area (Å²) in [7, 11) is 0. The quantitative estimate of drug-likeness (QED) is 0.818. The van der Waals surface area contributed by atoms with E-state index in [-0.39, 0.29) is 12.5 Å². The molecule has 0 bridgehead atoms. The molecule has 6 heteroatoms. The van der Waals surface area contributed by atoms with Crippen LogP contribution in [0.3, 0.4) is 0 Å². The number of aromatic nitrogens is 2. The number of nitrogens with zero attached hydrogens (tertiary/aromatic N) is 2. The van der Waals surface area contributed by atoms with Crippen LogP contribution in [-0.2, 0) is 11.3 Å². The van der Waals surface area contributed by atoms with Gasteiger partial charge in [0.1, 0.15) is 6.54 Å². The highest BCUT2D eigenvalue weighted by atomic mass is 16.2. The van der Waals surface area contributed by atoms with Gasteiger partial charge in [-0.1, -0.05) is 26.0 Å². The molecule has 0 aliphatic rings. The molecule has 1 aromatic carbocycles. The summed E-state index contributed by atoms with van der Waals surface area (Å²) in [5.41, 5.74) is -0.283. The maximum Gasteiger partial charge on any atom is 0.317 e. The molecule has 0 spiro atoms. The van der Waals surface area contributed by atoms with Gasteiger partial charge in [-0.25, -0.2) is 0 Å². The maximum atomic E-state index is 12.5. The van der Waals surface area contributed by atoms with Gasteiger partial charge in [-0.05, 0) is 25.0 Å². The highest BCUT2D eigenvalue weighted by molar-refractivity contribution is 5.80. The van der Waals surface area contributed by atoms with Crippen LogP contribution in [0.15, 0.2) is 33.9 Å². The van der Waals surface area contributed by atoms with Gasteiger partial charge in [-0.15, -0.1) is 0 Å². The van der Waals surface area contributed by atoms with Crippen LogP contribution in [0.5, 0.6) is 0 Å². The van der Waals surface area contributed by atoms with Crippen molar-refractivity contribution in [3.05, 3.63) is 45.0 Å². The van der Waals surface area contributed by atoms with Crippen LogP contribution in [0.4, 0.5) is 0 Å². The van der Waals surface area contributed by atoms with Gasteiger partial charge in [0.25, 0.3) is 0 Å². The Labute approximate surface area is 128 Å². The van der Waals surface area contributed by atoms with Crippen molar-refractivity contribution in [2.24, 2.45) is 0 Å². The summed E-state index contributed by atoms with van der Waals surface area (Å²) in [4.78, 5) is 40.6. The minimum atomic E-state index is -0.705. The van der Waals surface area contributed by atoms with E-state index in [1.807, 2.05) is 13.8 Å².